The van der Waals surface area contributed by atoms with Gasteiger partial charge in [-0.05, 0) is 64.6 Å². The average Bonchev–Trinajstić information content (AvgIpc) is 3.29. The lowest BCUT2D eigenvalue weighted by atomic mass is 10.1. The van der Waals surface area contributed by atoms with E-state index in [1.165, 1.54) is 22.3 Å². The van der Waals surface area contributed by atoms with Gasteiger partial charge in [-0.1, -0.05) is 78.9 Å². The normalized spacial score (nSPS) is 12.9. The van der Waals surface area contributed by atoms with Gasteiger partial charge in [0.15, 0.2) is 6.61 Å². The van der Waals surface area contributed by atoms with Gasteiger partial charge in [0, 0.05) is 0 Å². The zero-order valence-electron chi connectivity index (χ0n) is 21.5. The van der Waals surface area contributed by atoms with E-state index in [4.69, 9.17) is 4.74 Å². The van der Waals surface area contributed by atoms with Gasteiger partial charge in [-0.2, -0.15) is 5.10 Å². The van der Waals surface area contributed by atoms with E-state index in [9.17, 15) is 9.59 Å². The van der Waals surface area contributed by atoms with Crippen molar-refractivity contribution < 1.29 is 14.3 Å². The number of hydrogen-bond acceptors (Lipinski definition) is 5. The molecule has 4 aromatic carbocycles. The van der Waals surface area contributed by atoms with Crippen LogP contribution in [-0.2, 0) is 9.59 Å². The second-order valence-electron chi connectivity index (χ2n) is 9.22. The van der Waals surface area contributed by atoms with Crippen molar-refractivity contribution in [2.45, 2.75) is 18.2 Å². The summed E-state index contributed by atoms with van der Waals surface area (Å²) in [5.74, 6) is 0.519. The van der Waals surface area contributed by atoms with Crippen molar-refractivity contribution in [1.82, 2.24) is 10.7 Å². The Morgan fingerprint density at radius 3 is 2.13 bits per heavy atom. The predicted octanol–water partition coefficient (Wildman–Crippen LogP) is 5.90. The lowest BCUT2D eigenvalue weighted by Gasteiger charge is -2.14. The first-order valence-electron chi connectivity index (χ1n) is 12.8. The number of nitrogens with one attached hydrogen (secondary N) is 2. The van der Waals surface area contributed by atoms with Gasteiger partial charge in [-0.15, -0.1) is 11.8 Å². The van der Waals surface area contributed by atoms with E-state index in [1.807, 2.05) is 73.7 Å². The molecule has 0 unspecified atom stereocenters. The number of amides is 2. The highest BCUT2D eigenvalue weighted by atomic mass is 32.2. The van der Waals surface area contributed by atoms with E-state index in [2.05, 4.69) is 40.1 Å². The second kappa shape index (κ2) is 12.5. The van der Waals surface area contributed by atoms with Gasteiger partial charge < -0.3 is 10.1 Å². The Morgan fingerprint density at radius 2 is 1.46 bits per heavy atom. The molecule has 4 aromatic rings. The van der Waals surface area contributed by atoms with Crippen molar-refractivity contribution in [3.63, 3.8) is 0 Å². The van der Waals surface area contributed by atoms with Gasteiger partial charge in [0.25, 0.3) is 5.91 Å². The largest absolute Gasteiger partial charge is 0.484 e. The summed E-state index contributed by atoms with van der Waals surface area (Å²) < 4.78 is 5.60. The molecule has 2 N–H and O–H groups in total. The molecule has 1 atom stereocenters. The monoisotopic (exact) mass is 535 g/mol. The van der Waals surface area contributed by atoms with Crippen LogP contribution in [0.5, 0.6) is 5.75 Å². The van der Waals surface area contributed by atoms with Crippen molar-refractivity contribution in [2.75, 3.05) is 12.4 Å². The summed E-state index contributed by atoms with van der Waals surface area (Å²) in [6.07, 6.45) is 1.58. The number of benzene rings is 4. The molecule has 0 heterocycles. The first kappa shape index (κ1) is 26.3. The Labute approximate surface area is 232 Å². The molecule has 0 aromatic heterocycles. The summed E-state index contributed by atoms with van der Waals surface area (Å²) in [6.45, 7) is 1.86. The van der Waals surface area contributed by atoms with Crippen LogP contribution in [-0.4, -0.2) is 30.4 Å². The van der Waals surface area contributed by atoms with E-state index in [-0.39, 0.29) is 29.7 Å². The van der Waals surface area contributed by atoms with Crippen LogP contribution in [0, 0.1) is 0 Å². The Hall–Kier alpha value is -4.36. The average molecular weight is 536 g/mol. The van der Waals surface area contributed by atoms with Crippen LogP contribution in [0.15, 0.2) is 108 Å². The lowest BCUT2D eigenvalue weighted by molar-refractivity contribution is -0.123. The molecule has 0 aliphatic heterocycles. The van der Waals surface area contributed by atoms with E-state index < -0.39 is 0 Å². The van der Waals surface area contributed by atoms with Crippen molar-refractivity contribution in [3.8, 4) is 16.9 Å². The number of carbonyl (C=O) groups is 2. The molecular formula is C32H29N3O3S. The highest BCUT2D eigenvalue weighted by molar-refractivity contribution is 8.00. The Kier molecular flexibility index (Phi) is 8.39. The van der Waals surface area contributed by atoms with Crippen LogP contribution in [0.4, 0.5) is 0 Å². The van der Waals surface area contributed by atoms with Crippen LogP contribution >= 0.6 is 11.8 Å². The summed E-state index contributed by atoms with van der Waals surface area (Å²) in [6, 6.07) is 33.6. The van der Waals surface area contributed by atoms with Crippen molar-refractivity contribution >= 4 is 29.8 Å². The molecule has 5 rings (SSSR count). The highest BCUT2D eigenvalue weighted by Gasteiger charge is 2.28. The van der Waals surface area contributed by atoms with Crippen LogP contribution in [0.25, 0.3) is 11.1 Å². The third-order valence-corrected chi connectivity index (χ3v) is 7.76. The molecule has 2 amide bonds. The molecule has 0 fully saturated rings. The zero-order valence-corrected chi connectivity index (χ0v) is 22.4. The molecule has 7 heteroatoms. The summed E-state index contributed by atoms with van der Waals surface area (Å²) in [7, 11) is 0. The van der Waals surface area contributed by atoms with Crippen LogP contribution < -0.4 is 15.5 Å². The third kappa shape index (κ3) is 6.56. The van der Waals surface area contributed by atoms with Gasteiger partial charge in [-0.25, -0.2) is 5.43 Å². The van der Waals surface area contributed by atoms with Gasteiger partial charge in [-0.3, -0.25) is 9.59 Å². The Balaban J connectivity index is 1.06. The maximum atomic E-state index is 12.5. The number of fused-ring (bicyclic) bond motifs is 3. The number of ether oxygens (including phenoxy) is 1. The highest BCUT2D eigenvalue weighted by Crippen LogP contribution is 2.49. The SMILES string of the molecule is C[C@@H](NC(=O)COc1ccc(/C=N\NC(=O)CSC2c3ccccc3-c3ccccc32)cc1)c1ccccc1. The molecule has 0 saturated heterocycles. The van der Waals surface area contributed by atoms with E-state index >= 15 is 0 Å². The van der Waals surface area contributed by atoms with Crippen LogP contribution in [0.2, 0.25) is 0 Å². The number of nitrogens with zero attached hydrogens (tertiary/aromatic N) is 1. The number of thioether (sulfide) groups is 1. The number of rotatable bonds is 10. The molecule has 0 radical (unpaired) electrons. The van der Waals surface area contributed by atoms with Gasteiger partial charge in [0.1, 0.15) is 5.75 Å². The fourth-order valence-electron chi connectivity index (χ4n) is 4.57. The molecule has 39 heavy (non-hydrogen) atoms. The predicted molar refractivity (Wildman–Crippen MR) is 157 cm³/mol. The standard InChI is InChI=1S/C32H29N3O3S/c1-22(24-9-3-2-4-10-24)34-30(36)20-38-25-17-15-23(16-18-25)19-33-35-31(37)21-39-32-28-13-7-5-11-26(28)27-12-6-8-14-29(27)32/h2-19,22,32H,20-21H2,1H3,(H,34,36)(H,35,37)/b33-19-/t22-/m1/s1. The maximum Gasteiger partial charge on any atom is 0.258 e. The smallest absolute Gasteiger partial charge is 0.258 e. The molecule has 0 bridgehead atoms. The molecule has 6 nitrogen and oxygen atoms in total. The summed E-state index contributed by atoms with van der Waals surface area (Å²) in [4.78, 5) is 24.7. The molecule has 196 valence electrons. The molecule has 1 aliphatic carbocycles. The first-order chi connectivity index (χ1) is 19.1. The van der Waals surface area contributed by atoms with E-state index in [0.717, 1.165) is 11.1 Å². The molecule has 0 saturated carbocycles. The van der Waals surface area contributed by atoms with Gasteiger partial charge in [0.2, 0.25) is 5.91 Å². The summed E-state index contributed by atoms with van der Waals surface area (Å²) in [5, 5.41) is 7.15. The van der Waals surface area contributed by atoms with E-state index in [0.29, 0.717) is 11.5 Å². The van der Waals surface area contributed by atoms with Crippen molar-refractivity contribution in [3.05, 3.63) is 125 Å². The van der Waals surface area contributed by atoms with Crippen molar-refractivity contribution in [2.24, 2.45) is 5.10 Å². The molecule has 1 aliphatic rings. The maximum absolute atomic E-state index is 12.5. The van der Waals surface area contributed by atoms with Gasteiger partial charge in [0.05, 0.1) is 23.3 Å². The minimum atomic E-state index is -0.192. The van der Waals surface area contributed by atoms with E-state index in [1.54, 1.807) is 30.1 Å². The fourth-order valence-corrected chi connectivity index (χ4v) is 5.72. The third-order valence-electron chi connectivity index (χ3n) is 6.49. The van der Waals surface area contributed by atoms with Crippen LogP contribution in [0.3, 0.4) is 0 Å². The fraction of sp³-hybridized carbons (Fsp3) is 0.156. The Bertz CT molecular complexity index is 1430. The number of hydrazone groups is 1. The summed E-state index contributed by atoms with van der Waals surface area (Å²) in [5.41, 5.74) is 9.41. The molecule has 0 spiro atoms. The topological polar surface area (TPSA) is 79.8 Å². The quantitative estimate of drug-likeness (QED) is 0.196. The first-order valence-corrected chi connectivity index (χ1v) is 13.8. The van der Waals surface area contributed by atoms with Gasteiger partial charge >= 0.3 is 0 Å². The van der Waals surface area contributed by atoms with Crippen molar-refractivity contribution in [1.29, 1.82) is 0 Å². The number of carbonyl (C=O) groups excluding carboxylic acids is 2. The second-order valence-corrected chi connectivity index (χ2v) is 10.3. The number of hydrogen-bond donors (Lipinski definition) is 2. The minimum Gasteiger partial charge on any atom is -0.484 e. The zero-order chi connectivity index (χ0) is 27.0. The lowest BCUT2D eigenvalue weighted by Crippen LogP contribution is -2.31. The summed E-state index contributed by atoms with van der Waals surface area (Å²) >= 11 is 1.60. The minimum absolute atomic E-state index is 0.0751. The Morgan fingerprint density at radius 1 is 0.846 bits per heavy atom. The molecular weight excluding hydrogens is 506 g/mol. The van der Waals surface area contributed by atoms with Crippen LogP contribution in [0.1, 0.15) is 40.5 Å².